The van der Waals surface area contributed by atoms with Crippen molar-refractivity contribution in [2.75, 3.05) is 29.9 Å². The lowest BCUT2D eigenvalue weighted by Gasteiger charge is -2.30. The number of nitrogens with one attached hydrogen (secondary N) is 2. The summed E-state index contributed by atoms with van der Waals surface area (Å²) in [5, 5.41) is 7.26. The molecule has 0 amide bonds. The van der Waals surface area contributed by atoms with E-state index in [1.54, 1.807) is 0 Å². The maximum Gasteiger partial charge on any atom is 0.234 e. The zero-order valence-electron chi connectivity index (χ0n) is 20.8. The van der Waals surface area contributed by atoms with Crippen LogP contribution in [0.4, 0.5) is 11.8 Å². The van der Waals surface area contributed by atoms with Crippen LogP contribution in [0, 0.1) is 0 Å². The molecule has 1 aliphatic heterocycles. The second-order valence-electron chi connectivity index (χ2n) is 9.87. The van der Waals surface area contributed by atoms with Crippen molar-refractivity contribution in [2.45, 2.75) is 56.8 Å². The van der Waals surface area contributed by atoms with Gasteiger partial charge in [-0.1, -0.05) is 74.2 Å². The SMILES string of the molecule is S=C(NCC1(c2ccccc2)CCCC1)Nc1nc(Oc2ccccc2)cc(N2CCCCCC2)n1. The topological polar surface area (TPSA) is 62.3 Å². The van der Waals surface area contributed by atoms with Crippen molar-refractivity contribution in [1.82, 2.24) is 15.3 Å². The molecule has 5 rings (SSSR count). The van der Waals surface area contributed by atoms with Gasteiger partial charge >= 0.3 is 0 Å². The number of para-hydroxylation sites is 1. The Balaban J connectivity index is 1.32. The molecule has 1 saturated heterocycles. The fraction of sp³-hybridized carbons (Fsp3) is 0.414. The number of hydrogen-bond acceptors (Lipinski definition) is 5. The van der Waals surface area contributed by atoms with Crippen LogP contribution >= 0.6 is 12.2 Å². The van der Waals surface area contributed by atoms with Gasteiger partial charge < -0.3 is 20.3 Å². The summed E-state index contributed by atoms with van der Waals surface area (Å²) in [6, 6.07) is 22.5. The predicted molar refractivity (Wildman–Crippen MR) is 150 cm³/mol. The molecule has 0 spiro atoms. The van der Waals surface area contributed by atoms with Crippen molar-refractivity contribution in [2.24, 2.45) is 0 Å². The lowest BCUT2D eigenvalue weighted by molar-refractivity contribution is 0.435. The van der Waals surface area contributed by atoms with Crippen LogP contribution in [0.3, 0.4) is 0 Å². The minimum absolute atomic E-state index is 0.114. The highest BCUT2D eigenvalue weighted by molar-refractivity contribution is 7.80. The lowest BCUT2D eigenvalue weighted by atomic mass is 9.79. The van der Waals surface area contributed by atoms with E-state index in [0.717, 1.165) is 31.2 Å². The average molecular weight is 502 g/mol. The third-order valence-corrected chi connectivity index (χ3v) is 7.59. The van der Waals surface area contributed by atoms with E-state index in [2.05, 4.69) is 50.8 Å². The quantitative estimate of drug-likeness (QED) is 0.361. The first-order valence-electron chi connectivity index (χ1n) is 13.2. The van der Waals surface area contributed by atoms with Crippen molar-refractivity contribution in [3.8, 4) is 11.6 Å². The predicted octanol–water partition coefficient (Wildman–Crippen LogP) is 6.45. The molecule has 36 heavy (non-hydrogen) atoms. The molecule has 1 aromatic heterocycles. The van der Waals surface area contributed by atoms with Crippen molar-refractivity contribution in [3.63, 3.8) is 0 Å². The Kier molecular flexibility index (Phi) is 7.96. The van der Waals surface area contributed by atoms with Crippen molar-refractivity contribution >= 4 is 29.1 Å². The highest BCUT2D eigenvalue weighted by Gasteiger charge is 2.35. The van der Waals surface area contributed by atoms with E-state index < -0.39 is 0 Å². The number of benzene rings is 2. The summed E-state index contributed by atoms with van der Waals surface area (Å²) >= 11 is 5.71. The first-order chi connectivity index (χ1) is 17.7. The molecule has 2 fully saturated rings. The molecule has 0 bridgehead atoms. The Morgan fingerprint density at radius 3 is 2.22 bits per heavy atom. The summed E-state index contributed by atoms with van der Waals surface area (Å²) in [5.41, 5.74) is 1.50. The smallest absolute Gasteiger partial charge is 0.234 e. The Bertz CT molecular complexity index is 1130. The first kappa shape index (κ1) is 24.5. The zero-order chi connectivity index (χ0) is 24.6. The number of rotatable bonds is 7. The largest absolute Gasteiger partial charge is 0.439 e. The van der Waals surface area contributed by atoms with Crippen LogP contribution in [0.1, 0.15) is 56.9 Å². The maximum atomic E-state index is 6.10. The number of thiocarbonyl (C=S) groups is 1. The lowest BCUT2D eigenvalue weighted by Crippen LogP contribution is -2.41. The van der Waals surface area contributed by atoms with Gasteiger partial charge in [0.1, 0.15) is 11.6 Å². The van der Waals surface area contributed by atoms with Crippen molar-refractivity contribution in [3.05, 3.63) is 72.3 Å². The van der Waals surface area contributed by atoms with Gasteiger partial charge in [0.05, 0.1) is 0 Å². The zero-order valence-corrected chi connectivity index (χ0v) is 21.6. The van der Waals surface area contributed by atoms with Crippen LogP contribution in [0.15, 0.2) is 66.7 Å². The molecule has 1 aliphatic carbocycles. The van der Waals surface area contributed by atoms with Gasteiger partial charge in [0.25, 0.3) is 0 Å². The number of ether oxygens (including phenoxy) is 1. The van der Waals surface area contributed by atoms with Gasteiger partial charge in [-0.05, 0) is 55.6 Å². The number of nitrogens with zero attached hydrogens (tertiary/aromatic N) is 3. The summed E-state index contributed by atoms with van der Waals surface area (Å²) in [7, 11) is 0. The minimum Gasteiger partial charge on any atom is -0.439 e. The van der Waals surface area contributed by atoms with E-state index in [-0.39, 0.29) is 5.41 Å². The average Bonchev–Trinajstić information content (AvgIpc) is 3.23. The molecular weight excluding hydrogens is 466 g/mol. The summed E-state index contributed by atoms with van der Waals surface area (Å²) < 4.78 is 6.10. The van der Waals surface area contributed by atoms with Crippen LogP contribution < -0.4 is 20.3 Å². The molecule has 0 radical (unpaired) electrons. The van der Waals surface area contributed by atoms with E-state index in [9.17, 15) is 0 Å². The molecule has 2 heterocycles. The normalized spacial score (nSPS) is 17.3. The fourth-order valence-electron chi connectivity index (χ4n) is 5.40. The molecule has 1 saturated carbocycles. The molecule has 2 N–H and O–H groups in total. The van der Waals surface area contributed by atoms with Gasteiger partial charge in [0, 0.05) is 31.1 Å². The van der Waals surface area contributed by atoms with E-state index >= 15 is 0 Å². The molecule has 0 atom stereocenters. The Morgan fingerprint density at radius 2 is 1.53 bits per heavy atom. The van der Waals surface area contributed by atoms with E-state index in [0.29, 0.717) is 16.9 Å². The summed E-state index contributed by atoms with van der Waals surface area (Å²) in [5.74, 6) is 2.59. The van der Waals surface area contributed by atoms with Crippen LogP contribution in [0.2, 0.25) is 0 Å². The van der Waals surface area contributed by atoms with E-state index in [4.69, 9.17) is 21.9 Å². The third kappa shape index (κ3) is 6.13. The fourth-order valence-corrected chi connectivity index (χ4v) is 5.56. The molecular formula is C29H35N5OS. The van der Waals surface area contributed by atoms with Gasteiger partial charge in [-0.25, -0.2) is 0 Å². The number of aromatic nitrogens is 2. The molecule has 188 valence electrons. The van der Waals surface area contributed by atoms with Crippen molar-refractivity contribution in [1.29, 1.82) is 0 Å². The summed E-state index contributed by atoms with van der Waals surface area (Å²) in [6.45, 7) is 2.77. The highest BCUT2D eigenvalue weighted by Crippen LogP contribution is 2.40. The number of hydrogen-bond donors (Lipinski definition) is 2. The standard InChI is InChI=1S/C29H35N5OS/c36-28(30-22-29(17-9-10-18-29)23-13-5-3-6-14-23)33-27-31-25(34-19-11-1-2-12-20-34)21-26(32-27)35-24-15-7-4-8-16-24/h3-8,13-16,21H,1-2,9-12,17-20,22H2,(H2,30,31,32,33,36). The molecule has 0 unspecified atom stereocenters. The summed E-state index contributed by atoms with van der Waals surface area (Å²) in [6.07, 6.45) is 9.70. The molecule has 2 aromatic carbocycles. The minimum atomic E-state index is 0.114. The van der Waals surface area contributed by atoms with Crippen LogP contribution in [0.25, 0.3) is 0 Å². The third-order valence-electron chi connectivity index (χ3n) is 7.34. The van der Waals surface area contributed by atoms with Gasteiger partial charge in [-0.2, -0.15) is 9.97 Å². The van der Waals surface area contributed by atoms with Crippen LogP contribution in [-0.2, 0) is 5.41 Å². The van der Waals surface area contributed by atoms with Gasteiger partial charge in [0.2, 0.25) is 11.8 Å². The van der Waals surface area contributed by atoms with Crippen LogP contribution in [-0.4, -0.2) is 34.7 Å². The van der Waals surface area contributed by atoms with E-state index in [1.165, 1.54) is 56.9 Å². The summed E-state index contributed by atoms with van der Waals surface area (Å²) in [4.78, 5) is 11.8. The maximum absolute atomic E-state index is 6.10. The van der Waals surface area contributed by atoms with Crippen molar-refractivity contribution < 1.29 is 4.74 Å². The molecule has 7 heteroatoms. The highest BCUT2D eigenvalue weighted by atomic mass is 32.1. The Labute approximate surface area is 219 Å². The van der Waals surface area contributed by atoms with E-state index in [1.807, 2.05) is 36.4 Å². The molecule has 2 aliphatic rings. The van der Waals surface area contributed by atoms with Gasteiger partial charge in [-0.15, -0.1) is 0 Å². The first-order valence-corrected chi connectivity index (χ1v) is 13.6. The molecule has 3 aromatic rings. The molecule has 6 nitrogen and oxygen atoms in total. The van der Waals surface area contributed by atoms with Crippen LogP contribution in [0.5, 0.6) is 11.6 Å². The van der Waals surface area contributed by atoms with Gasteiger partial charge in [-0.3, -0.25) is 0 Å². The second kappa shape index (κ2) is 11.7. The van der Waals surface area contributed by atoms with Gasteiger partial charge in [0.15, 0.2) is 5.11 Å². The second-order valence-corrected chi connectivity index (χ2v) is 10.3. The monoisotopic (exact) mass is 501 g/mol. The number of anilines is 2. The Hall–Kier alpha value is -3.19. The Morgan fingerprint density at radius 1 is 0.861 bits per heavy atom.